The van der Waals surface area contributed by atoms with Crippen molar-refractivity contribution in [3.05, 3.63) is 0 Å². The van der Waals surface area contributed by atoms with Crippen molar-refractivity contribution in [2.24, 2.45) is 5.92 Å². The Morgan fingerprint density at radius 3 is 2.65 bits per heavy atom. The summed E-state index contributed by atoms with van der Waals surface area (Å²) in [4.78, 5) is 2.73. The van der Waals surface area contributed by atoms with Crippen LogP contribution in [0.1, 0.15) is 58.3 Å². The zero-order valence-corrected chi connectivity index (χ0v) is 11.6. The third-order valence-corrected chi connectivity index (χ3v) is 4.43. The lowest BCUT2D eigenvalue weighted by Gasteiger charge is -2.36. The van der Waals surface area contributed by atoms with Crippen LogP contribution < -0.4 is 5.32 Å². The van der Waals surface area contributed by atoms with Gasteiger partial charge in [-0.05, 0) is 51.1 Å². The van der Waals surface area contributed by atoms with E-state index in [9.17, 15) is 0 Å². The Balaban J connectivity index is 1.68. The van der Waals surface area contributed by atoms with Crippen molar-refractivity contribution in [3.8, 4) is 0 Å². The first-order valence-electron chi connectivity index (χ1n) is 7.84. The second-order valence-electron chi connectivity index (χ2n) is 6.06. The van der Waals surface area contributed by atoms with Gasteiger partial charge in [0.25, 0.3) is 0 Å². The topological polar surface area (TPSA) is 15.3 Å². The molecule has 100 valence electrons. The van der Waals surface area contributed by atoms with E-state index in [1.54, 1.807) is 0 Å². The molecule has 2 aliphatic rings. The molecule has 0 amide bonds. The van der Waals surface area contributed by atoms with Crippen LogP contribution in [0.5, 0.6) is 0 Å². The number of nitrogens with zero attached hydrogens (tertiary/aromatic N) is 1. The maximum atomic E-state index is 3.70. The molecule has 2 fully saturated rings. The number of hydrogen-bond donors (Lipinski definition) is 1. The number of hydrogen-bond acceptors (Lipinski definition) is 2. The fourth-order valence-corrected chi connectivity index (χ4v) is 3.47. The van der Waals surface area contributed by atoms with Gasteiger partial charge in [0.2, 0.25) is 0 Å². The van der Waals surface area contributed by atoms with Gasteiger partial charge in [-0.25, -0.2) is 0 Å². The van der Waals surface area contributed by atoms with Crippen molar-refractivity contribution in [3.63, 3.8) is 0 Å². The zero-order valence-electron chi connectivity index (χ0n) is 11.6. The lowest BCUT2D eigenvalue weighted by atomic mass is 9.88. The highest BCUT2D eigenvalue weighted by atomic mass is 15.2. The molecule has 1 heterocycles. The molecule has 0 bridgehead atoms. The molecule has 0 radical (unpaired) electrons. The largest absolute Gasteiger partial charge is 0.313 e. The van der Waals surface area contributed by atoms with Crippen LogP contribution in [-0.4, -0.2) is 37.1 Å². The third kappa shape index (κ3) is 4.59. The zero-order chi connectivity index (χ0) is 11.9. The summed E-state index contributed by atoms with van der Waals surface area (Å²) in [5.41, 5.74) is 0. The van der Waals surface area contributed by atoms with E-state index >= 15 is 0 Å². The SMILES string of the molecule is CCCNC1CCCN(CC2CCCCC2)C1. The van der Waals surface area contributed by atoms with Gasteiger partial charge in [0.1, 0.15) is 0 Å². The minimum atomic E-state index is 0.771. The molecule has 2 nitrogen and oxygen atoms in total. The molecular formula is C15H30N2. The minimum absolute atomic E-state index is 0.771. The summed E-state index contributed by atoms with van der Waals surface area (Å²) >= 11 is 0. The van der Waals surface area contributed by atoms with E-state index in [0.29, 0.717) is 0 Å². The second-order valence-corrected chi connectivity index (χ2v) is 6.06. The molecule has 1 N–H and O–H groups in total. The highest BCUT2D eigenvalue weighted by molar-refractivity contribution is 4.80. The molecule has 17 heavy (non-hydrogen) atoms. The monoisotopic (exact) mass is 238 g/mol. The molecule has 0 aromatic heterocycles. The van der Waals surface area contributed by atoms with Gasteiger partial charge in [-0.2, -0.15) is 0 Å². The predicted octanol–water partition coefficient (Wildman–Crippen LogP) is 3.03. The number of nitrogens with one attached hydrogen (secondary N) is 1. The molecule has 1 aliphatic carbocycles. The summed E-state index contributed by atoms with van der Waals surface area (Å²) in [6, 6.07) is 0.771. The molecule has 2 rings (SSSR count). The molecule has 1 unspecified atom stereocenters. The van der Waals surface area contributed by atoms with E-state index in [4.69, 9.17) is 0 Å². The number of rotatable bonds is 5. The van der Waals surface area contributed by atoms with Gasteiger partial charge in [-0.1, -0.05) is 26.2 Å². The molecule has 0 aromatic carbocycles. The van der Waals surface area contributed by atoms with E-state index < -0.39 is 0 Å². The van der Waals surface area contributed by atoms with Crippen LogP contribution in [0.25, 0.3) is 0 Å². The Morgan fingerprint density at radius 2 is 1.88 bits per heavy atom. The standard InChI is InChI=1S/C15H30N2/c1-2-10-16-15-9-6-11-17(13-15)12-14-7-4-3-5-8-14/h14-16H,2-13H2,1H3. The number of piperidine rings is 1. The van der Waals surface area contributed by atoms with Crippen molar-refractivity contribution >= 4 is 0 Å². The van der Waals surface area contributed by atoms with Gasteiger partial charge >= 0.3 is 0 Å². The first kappa shape index (κ1) is 13.4. The van der Waals surface area contributed by atoms with Crippen molar-refractivity contribution in [2.75, 3.05) is 26.2 Å². The summed E-state index contributed by atoms with van der Waals surface area (Å²) in [5, 5.41) is 3.70. The maximum Gasteiger partial charge on any atom is 0.0195 e. The van der Waals surface area contributed by atoms with E-state index in [1.165, 1.54) is 77.5 Å². The molecule has 1 aliphatic heterocycles. The van der Waals surface area contributed by atoms with E-state index in [-0.39, 0.29) is 0 Å². The minimum Gasteiger partial charge on any atom is -0.313 e. The van der Waals surface area contributed by atoms with Crippen LogP contribution in [0.2, 0.25) is 0 Å². The van der Waals surface area contributed by atoms with E-state index in [1.807, 2.05) is 0 Å². The number of likely N-dealkylation sites (tertiary alicyclic amines) is 1. The van der Waals surface area contributed by atoms with Crippen LogP contribution in [0.4, 0.5) is 0 Å². The summed E-state index contributed by atoms with van der Waals surface area (Å²) in [7, 11) is 0. The Kier molecular flexibility index (Phi) is 5.79. The average Bonchev–Trinajstić information content (AvgIpc) is 2.38. The molecule has 1 saturated heterocycles. The summed E-state index contributed by atoms with van der Waals surface area (Å²) in [6.07, 6.45) is 11.5. The maximum absolute atomic E-state index is 3.70. The molecule has 1 saturated carbocycles. The van der Waals surface area contributed by atoms with Gasteiger partial charge in [0.05, 0.1) is 0 Å². The van der Waals surface area contributed by atoms with Gasteiger partial charge in [-0.3, -0.25) is 0 Å². The summed E-state index contributed by atoms with van der Waals surface area (Å²) < 4.78 is 0. The smallest absolute Gasteiger partial charge is 0.0195 e. The van der Waals surface area contributed by atoms with Crippen molar-refractivity contribution in [1.82, 2.24) is 10.2 Å². The van der Waals surface area contributed by atoms with Gasteiger partial charge in [-0.15, -0.1) is 0 Å². The van der Waals surface area contributed by atoms with Gasteiger partial charge in [0, 0.05) is 19.1 Å². The van der Waals surface area contributed by atoms with Crippen molar-refractivity contribution < 1.29 is 0 Å². The van der Waals surface area contributed by atoms with Crippen LogP contribution >= 0.6 is 0 Å². The van der Waals surface area contributed by atoms with Crippen LogP contribution in [-0.2, 0) is 0 Å². The predicted molar refractivity (Wildman–Crippen MR) is 74.3 cm³/mol. The molecule has 0 spiro atoms. The van der Waals surface area contributed by atoms with Crippen molar-refractivity contribution in [1.29, 1.82) is 0 Å². The second kappa shape index (κ2) is 7.38. The van der Waals surface area contributed by atoms with E-state index in [2.05, 4.69) is 17.1 Å². The fraction of sp³-hybridized carbons (Fsp3) is 1.00. The lowest BCUT2D eigenvalue weighted by Crippen LogP contribution is -2.47. The Bertz CT molecular complexity index is 199. The highest BCUT2D eigenvalue weighted by Gasteiger charge is 2.22. The quantitative estimate of drug-likeness (QED) is 0.792. The summed E-state index contributed by atoms with van der Waals surface area (Å²) in [6.45, 7) is 7.49. The third-order valence-electron chi connectivity index (χ3n) is 4.43. The van der Waals surface area contributed by atoms with Crippen molar-refractivity contribution in [2.45, 2.75) is 64.3 Å². The fourth-order valence-electron chi connectivity index (χ4n) is 3.47. The van der Waals surface area contributed by atoms with Crippen LogP contribution in [0.15, 0.2) is 0 Å². The summed E-state index contributed by atoms with van der Waals surface area (Å²) in [5.74, 6) is 1.01. The Hall–Kier alpha value is -0.0800. The van der Waals surface area contributed by atoms with Gasteiger partial charge < -0.3 is 10.2 Å². The normalized spacial score (nSPS) is 28.4. The van der Waals surface area contributed by atoms with Gasteiger partial charge in [0.15, 0.2) is 0 Å². The first-order chi connectivity index (χ1) is 8.38. The Morgan fingerprint density at radius 1 is 1.06 bits per heavy atom. The van der Waals surface area contributed by atoms with Crippen LogP contribution in [0.3, 0.4) is 0 Å². The lowest BCUT2D eigenvalue weighted by molar-refractivity contribution is 0.150. The molecular weight excluding hydrogens is 208 g/mol. The molecule has 0 aromatic rings. The van der Waals surface area contributed by atoms with Crippen LogP contribution in [0, 0.1) is 5.92 Å². The van der Waals surface area contributed by atoms with E-state index in [0.717, 1.165) is 12.0 Å². The first-order valence-corrected chi connectivity index (χ1v) is 7.84. The Labute approximate surface area is 107 Å². The highest BCUT2D eigenvalue weighted by Crippen LogP contribution is 2.25. The molecule has 2 heteroatoms. The average molecular weight is 238 g/mol. The molecule has 1 atom stereocenters.